The Morgan fingerprint density at radius 1 is 0.413 bits per heavy atom. The average molecular weight is 1040 g/mol. The van der Waals surface area contributed by atoms with Gasteiger partial charge < -0.3 is 33.3 Å². The summed E-state index contributed by atoms with van der Waals surface area (Å²) in [4.78, 5) is 37.3. The molecule has 0 radical (unpaired) electrons. The largest absolute Gasteiger partial charge is 0.545 e. The molecule has 0 spiro atoms. The van der Waals surface area contributed by atoms with Crippen molar-refractivity contribution >= 4 is 17.9 Å². The van der Waals surface area contributed by atoms with E-state index in [4.69, 9.17) is 18.9 Å². The van der Waals surface area contributed by atoms with E-state index in [2.05, 4.69) is 135 Å². The molecule has 0 saturated carbocycles. The lowest BCUT2D eigenvalue weighted by Gasteiger charge is -2.26. The number of carboxylic acids is 1. The quantitative estimate of drug-likeness (QED) is 0.0195. The molecule has 0 aromatic carbocycles. The molecule has 0 amide bonds. The van der Waals surface area contributed by atoms with Crippen molar-refractivity contribution in [2.75, 3.05) is 47.5 Å². The van der Waals surface area contributed by atoms with Gasteiger partial charge in [0.2, 0.25) is 0 Å². The van der Waals surface area contributed by atoms with Crippen LogP contribution in [0, 0.1) is 0 Å². The fourth-order valence-electron chi connectivity index (χ4n) is 7.64. The van der Waals surface area contributed by atoms with Crippen LogP contribution in [0.3, 0.4) is 0 Å². The van der Waals surface area contributed by atoms with E-state index in [-0.39, 0.29) is 38.6 Å². The summed E-state index contributed by atoms with van der Waals surface area (Å²) >= 11 is 0. The number of carboxylic acid groups (broad SMARTS) is 1. The molecule has 0 N–H and O–H groups in total. The van der Waals surface area contributed by atoms with Crippen LogP contribution in [-0.4, -0.2) is 82.3 Å². The summed E-state index contributed by atoms with van der Waals surface area (Å²) in [6.07, 6.45) is 75.3. The van der Waals surface area contributed by atoms with E-state index in [0.717, 1.165) is 109 Å². The molecule has 426 valence electrons. The second kappa shape index (κ2) is 55.9. The van der Waals surface area contributed by atoms with Gasteiger partial charge in [-0.05, 0) is 109 Å². The standard InChI is InChI=1S/C66H109NO8/c1-6-8-10-12-14-16-18-20-22-24-26-28-30-32-34-36-38-40-42-44-46-48-50-52-54-56-63(68)73-60-62(61-74-66(65(70)71)72-59-58-67(3,4)5)75-64(69)57-55-53-51-49-47-45-43-41-39-37-35-33-31-29-27-25-23-21-19-17-15-13-11-9-7-2/h9,11,15,17-18,20-21,23-24,26-27,29-30,32-33,35,39,41,45,47,62,66H,6-8,10,12-14,16,19,22,25,28,31,34,36-38,40,42-44,46,48-61H2,1-5H3/b11-9-,17-15-,20-18-,23-21-,26-24-,29-27-,32-30-,35-33-,41-39-,47-45-. The van der Waals surface area contributed by atoms with Crippen LogP contribution in [0.15, 0.2) is 122 Å². The van der Waals surface area contributed by atoms with Crippen LogP contribution in [0.5, 0.6) is 0 Å². The Bertz CT molecular complexity index is 1640. The molecule has 0 rings (SSSR count). The van der Waals surface area contributed by atoms with Gasteiger partial charge in [0.05, 0.1) is 40.3 Å². The molecule has 0 aliphatic carbocycles. The molecule has 2 unspecified atom stereocenters. The van der Waals surface area contributed by atoms with Crippen molar-refractivity contribution in [2.45, 2.75) is 232 Å². The number of nitrogens with zero attached hydrogens (tertiary/aromatic N) is 1. The number of carbonyl (C=O) groups excluding carboxylic acids is 3. The lowest BCUT2D eigenvalue weighted by atomic mass is 10.1. The van der Waals surface area contributed by atoms with Gasteiger partial charge in [-0.3, -0.25) is 9.59 Å². The molecular weight excluding hydrogens is 935 g/mol. The number of hydrogen-bond acceptors (Lipinski definition) is 8. The van der Waals surface area contributed by atoms with Crippen molar-refractivity contribution in [3.63, 3.8) is 0 Å². The second-order valence-corrected chi connectivity index (χ2v) is 20.5. The normalized spacial score (nSPS) is 13.7. The van der Waals surface area contributed by atoms with E-state index >= 15 is 0 Å². The molecule has 75 heavy (non-hydrogen) atoms. The number of rotatable bonds is 53. The van der Waals surface area contributed by atoms with Crippen LogP contribution in [0.4, 0.5) is 0 Å². The molecule has 0 aromatic rings. The smallest absolute Gasteiger partial charge is 0.306 e. The van der Waals surface area contributed by atoms with Crippen molar-refractivity contribution in [3.8, 4) is 0 Å². The minimum atomic E-state index is -1.64. The number of likely N-dealkylation sites (N-methyl/N-ethyl adjacent to an activating group) is 1. The number of esters is 2. The predicted octanol–water partition coefficient (Wildman–Crippen LogP) is 16.3. The number of ether oxygens (including phenoxy) is 4. The average Bonchev–Trinajstić information content (AvgIpc) is 3.38. The Morgan fingerprint density at radius 3 is 1.15 bits per heavy atom. The van der Waals surface area contributed by atoms with Crippen LogP contribution in [-0.2, 0) is 33.3 Å². The number of quaternary nitrogens is 1. The highest BCUT2D eigenvalue weighted by Crippen LogP contribution is 2.14. The van der Waals surface area contributed by atoms with Gasteiger partial charge in [0.15, 0.2) is 12.4 Å². The summed E-state index contributed by atoms with van der Waals surface area (Å²) in [7, 11) is 5.90. The fraction of sp³-hybridized carbons (Fsp3) is 0.652. The summed E-state index contributed by atoms with van der Waals surface area (Å²) in [5.74, 6) is -2.35. The van der Waals surface area contributed by atoms with E-state index in [9.17, 15) is 19.5 Å². The molecular formula is C66H109NO8. The molecule has 2 atom stereocenters. The maximum absolute atomic E-state index is 12.9. The van der Waals surface area contributed by atoms with E-state index in [1.165, 1.54) is 77.0 Å². The Kier molecular flexibility index (Phi) is 52.7. The van der Waals surface area contributed by atoms with E-state index in [1.54, 1.807) is 0 Å². The highest BCUT2D eigenvalue weighted by atomic mass is 16.7. The predicted molar refractivity (Wildman–Crippen MR) is 315 cm³/mol. The van der Waals surface area contributed by atoms with E-state index < -0.39 is 24.3 Å². The summed E-state index contributed by atoms with van der Waals surface area (Å²) < 4.78 is 22.7. The third kappa shape index (κ3) is 57.2. The summed E-state index contributed by atoms with van der Waals surface area (Å²) in [5.41, 5.74) is 0. The van der Waals surface area contributed by atoms with E-state index in [0.29, 0.717) is 17.4 Å². The molecule has 0 saturated heterocycles. The minimum absolute atomic E-state index is 0.133. The first-order valence-corrected chi connectivity index (χ1v) is 29.7. The Morgan fingerprint density at radius 2 is 0.760 bits per heavy atom. The monoisotopic (exact) mass is 1040 g/mol. The van der Waals surface area contributed by atoms with Crippen molar-refractivity contribution in [1.82, 2.24) is 0 Å². The third-order valence-electron chi connectivity index (χ3n) is 12.2. The van der Waals surface area contributed by atoms with Crippen molar-refractivity contribution in [2.24, 2.45) is 0 Å². The number of allylic oxidation sites excluding steroid dienone is 20. The summed E-state index contributed by atoms with van der Waals surface area (Å²) in [5, 5.41) is 11.8. The minimum Gasteiger partial charge on any atom is -0.545 e. The van der Waals surface area contributed by atoms with Gasteiger partial charge in [-0.25, -0.2) is 0 Å². The Hall–Kier alpha value is -4.31. The number of hydrogen-bond donors (Lipinski definition) is 0. The Balaban J connectivity index is 4.35. The lowest BCUT2D eigenvalue weighted by molar-refractivity contribution is -0.870. The van der Waals surface area contributed by atoms with Gasteiger partial charge in [0.1, 0.15) is 13.2 Å². The van der Waals surface area contributed by atoms with Gasteiger partial charge in [-0.2, -0.15) is 0 Å². The molecule has 0 fully saturated rings. The molecule has 0 aliphatic heterocycles. The highest BCUT2D eigenvalue weighted by molar-refractivity contribution is 5.70. The zero-order valence-corrected chi connectivity index (χ0v) is 48.4. The topological polar surface area (TPSA) is 111 Å². The zero-order valence-electron chi connectivity index (χ0n) is 48.4. The highest BCUT2D eigenvalue weighted by Gasteiger charge is 2.22. The van der Waals surface area contributed by atoms with Crippen LogP contribution in [0.1, 0.15) is 219 Å². The molecule has 0 bridgehead atoms. The number of carbonyl (C=O) groups is 3. The summed E-state index contributed by atoms with van der Waals surface area (Å²) in [6.45, 7) is 4.56. The zero-order chi connectivity index (χ0) is 54.8. The van der Waals surface area contributed by atoms with Gasteiger partial charge >= 0.3 is 11.9 Å². The third-order valence-corrected chi connectivity index (χ3v) is 12.2. The van der Waals surface area contributed by atoms with Gasteiger partial charge in [-0.15, -0.1) is 0 Å². The second-order valence-electron chi connectivity index (χ2n) is 20.5. The first-order valence-electron chi connectivity index (χ1n) is 29.7. The molecule has 0 heterocycles. The maximum Gasteiger partial charge on any atom is 0.306 e. The first kappa shape index (κ1) is 70.7. The number of unbranched alkanes of at least 4 members (excludes halogenated alkanes) is 18. The fourth-order valence-corrected chi connectivity index (χ4v) is 7.64. The van der Waals surface area contributed by atoms with Gasteiger partial charge in [-0.1, -0.05) is 219 Å². The van der Waals surface area contributed by atoms with Gasteiger partial charge in [0.25, 0.3) is 0 Å². The van der Waals surface area contributed by atoms with Gasteiger partial charge in [0, 0.05) is 12.8 Å². The van der Waals surface area contributed by atoms with Crippen molar-refractivity contribution in [3.05, 3.63) is 122 Å². The van der Waals surface area contributed by atoms with Crippen LogP contribution >= 0.6 is 0 Å². The van der Waals surface area contributed by atoms with Crippen LogP contribution in [0.25, 0.3) is 0 Å². The van der Waals surface area contributed by atoms with Crippen LogP contribution in [0.2, 0.25) is 0 Å². The Labute approximate surface area is 459 Å². The summed E-state index contributed by atoms with van der Waals surface area (Å²) in [6, 6.07) is 0. The van der Waals surface area contributed by atoms with E-state index in [1.807, 2.05) is 21.1 Å². The molecule has 0 aliphatic rings. The number of aliphatic carboxylic acids is 1. The molecule has 0 aromatic heterocycles. The molecule has 9 nitrogen and oxygen atoms in total. The van der Waals surface area contributed by atoms with Crippen molar-refractivity contribution < 1.29 is 42.9 Å². The van der Waals surface area contributed by atoms with Crippen LogP contribution < -0.4 is 5.11 Å². The first-order chi connectivity index (χ1) is 36.6. The van der Waals surface area contributed by atoms with Crippen molar-refractivity contribution in [1.29, 1.82) is 0 Å². The lowest BCUT2D eigenvalue weighted by Crippen LogP contribution is -2.44. The molecule has 9 heteroatoms. The SMILES string of the molecule is CC/C=C\C/C=C\C/C=C\C/C=C\C/C=C\C/C=C\C/C=C\CCCCCC(=O)OC(COC(=O)CCCCCCCCCCCC/C=C\C/C=C\C/C=C\CCCCCCC)COC(OCC[N+](C)(C)C)C(=O)[O-]. The maximum atomic E-state index is 12.9.